The summed E-state index contributed by atoms with van der Waals surface area (Å²) in [7, 11) is -0.738. The lowest BCUT2D eigenvalue weighted by atomic mass is 9.90. The second-order valence-corrected chi connectivity index (χ2v) is 57.7. The number of hydrogen-bond acceptors (Lipinski definition) is 21. The molecule has 6 aromatic heterocycles. The Balaban J connectivity index is 0.000000364. The third kappa shape index (κ3) is 47.3. The first-order valence-corrected chi connectivity index (χ1v) is 60.5. The van der Waals surface area contributed by atoms with E-state index in [9.17, 15) is 28.1 Å². The summed E-state index contributed by atoms with van der Waals surface area (Å²) in [6.07, 6.45) is 17.1. The highest BCUT2D eigenvalue weighted by atomic mass is 31.2. The van der Waals surface area contributed by atoms with Crippen LogP contribution in [-0.4, -0.2) is 269 Å². The number of nitrogens with one attached hydrogen (secondary N) is 4. The van der Waals surface area contributed by atoms with Gasteiger partial charge >= 0.3 is 0 Å². The molecule has 4 N–H and O–H groups in total. The summed E-state index contributed by atoms with van der Waals surface area (Å²) in [5.74, 6) is 3.39. The summed E-state index contributed by atoms with van der Waals surface area (Å²) >= 11 is 0. The Morgan fingerprint density at radius 1 is 0.355 bits per heavy atom. The molecule has 3 amide bonds. The van der Waals surface area contributed by atoms with Crippen molar-refractivity contribution in [2.45, 2.75) is 461 Å². The monoisotopic (exact) mass is 2030 g/mol. The molecule has 31 nitrogen and oxygen atoms in total. The minimum absolute atomic E-state index is 0.0236. The van der Waals surface area contributed by atoms with E-state index in [1.165, 1.54) is 94.9 Å². The summed E-state index contributed by atoms with van der Waals surface area (Å²) in [5.41, 5.74) is 10.9. The Hall–Kier alpha value is -6.13. The van der Waals surface area contributed by atoms with Gasteiger partial charge in [-0.15, -0.1) is 15.3 Å². The average molecular weight is 2030 g/mol. The van der Waals surface area contributed by atoms with Crippen LogP contribution in [0, 0.1) is 29.6 Å². The van der Waals surface area contributed by atoms with Gasteiger partial charge in [0.15, 0.2) is 0 Å². The third-order valence-electron chi connectivity index (χ3n) is 26.3. The van der Waals surface area contributed by atoms with E-state index >= 15 is 0 Å². The van der Waals surface area contributed by atoms with Gasteiger partial charge in [0.2, 0.25) is 17.7 Å². The maximum absolute atomic E-state index is 13.2. The highest BCUT2D eigenvalue weighted by Crippen LogP contribution is 2.59. The second kappa shape index (κ2) is 62.2. The van der Waals surface area contributed by atoms with Crippen LogP contribution >= 0.6 is 21.6 Å². The summed E-state index contributed by atoms with van der Waals surface area (Å²) in [5, 5.41) is 51.7. The van der Waals surface area contributed by atoms with Crippen LogP contribution in [0.25, 0.3) is 0 Å². The van der Waals surface area contributed by atoms with Crippen molar-refractivity contribution >= 4 is 39.3 Å². The van der Waals surface area contributed by atoms with E-state index in [0.29, 0.717) is 108 Å². The van der Waals surface area contributed by atoms with E-state index in [1.54, 1.807) is 0 Å². The zero-order chi connectivity index (χ0) is 106. The maximum Gasteiger partial charge on any atom is 0.220 e. The molecule has 0 atom stereocenters. The molecule has 3 aliphatic heterocycles. The predicted octanol–water partition coefficient (Wildman–Crippen LogP) is 20.2. The Kier molecular flexibility index (Phi) is 56.1. The molecule has 3 fully saturated rings. The highest BCUT2D eigenvalue weighted by molar-refractivity contribution is 7.66. The fraction of sp³-hybridized carbons (Fsp3) is 0.832. The molecular formula is C107H206N25O6P3. The van der Waals surface area contributed by atoms with Gasteiger partial charge in [-0.1, -0.05) is 168 Å². The van der Waals surface area contributed by atoms with E-state index in [-0.39, 0.29) is 73.6 Å². The van der Waals surface area contributed by atoms with E-state index in [2.05, 4.69) is 307 Å². The number of nitrogens with zero attached hydrogens (tertiary/aromatic N) is 21. The fourth-order valence-electron chi connectivity index (χ4n) is 19.3. The zero-order valence-electron chi connectivity index (χ0n) is 96.3. The molecule has 0 aromatic carbocycles. The molecule has 810 valence electrons. The number of amides is 3. The summed E-state index contributed by atoms with van der Waals surface area (Å²) in [6.45, 7) is 91.5. The normalized spacial score (nSPS) is 15.1. The summed E-state index contributed by atoms with van der Waals surface area (Å²) < 4.78 is 49.9. The maximum atomic E-state index is 13.2. The lowest BCUT2D eigenvalue weighted by Crippen LogP contribution is -2.59. The number of hydrogen-bond donors (Lipinski definition) is 4. The number of aromatic nitrogens is 15. The molecule has 141 heavy (non-hydrogen) atoms. The SMILES string of the molecule is CC(C)CP(=O)(CC(C)C)NC(C)C.CC(C)Cn1cc(CN(Cc2cn(CC(C)C)nn2)Cc2cn(CC(C)C)nn2)nn1.CC(C)N1CCC(N(C2CCN(C(C)C)CC2)C2CCN(C(C)C)CC2)CC1.CC(C)NC(=O)CCP(=O)(CCC(=O)NC(C)C)CCC(=O)NC(C)C.CC(C)P(=O)(C(C)C)C(C)C.CC(C)c1cc(CN(Cc2cc(C(C)C)nn2C)Cc2cc(C(C)C)nn2C)n(C)n1. The van der Waals surface area contributed by atoms with Gasteiger partial charge in [-0.3, -0.25) is 62.3 Å². The van der Waals surface area contributed by atoms with E-state index < -0.39 is 21.6 Å². The smallest absolute Gasteiger partial charge is 0.220 e. The number of aryl methyl sites for hydroxylation is 3. The highest BCUT2D eigenvalue weighted by Gasteiger charge is 2.40. The molecule has 0 saturated carbocycles. The molecular weight excluding hydrogens is 1820 g/mol. The van der Waals surface area contributed by atoms with Crippen LogP contribution in [0.4, 0.5) is 0 Å². The van der Waals surface area contributed by atoms with Crippen LogP contribution in [0.5, 0.6) is 0 Å². The van der Waals surface area contributed by atoms with Gasteiger partial charge < -0.3 is 44.3 Å². The first kappa shape index (κ1) is 127. The van der Waals surface area contributed by atoms with Crippen molar-refractivity contribution < 1.29 is 28.1 Å². The van der Waals surface area contributed by atoms with Crippen molar-refractivity contribution in [2.75, 3.05) is 70.1 Å². The third-order valence-corrected chi connectivity index (χ3v) is 37.9. The van der Waals surface area contributed by atoms with Crippen LogP contribution in [0.1, 0.15) is 376 Å². The molecule has 0 aliphatic carbocycles. The van der Waals surface area contributed by atoms with Crippen molar-refractivity contribution in [2.24, 2.45) is 50.7 Å². The summed E-state index contributed by atoms with van der Waals surface area (Å²) in [6, 6.07) is 11.7. The Labute approximate surface area is 857 Å². The topological polar surface area (TPSA) is 316 Å². The van der Waals surface area contributed by atoms with Crippen molar-refractivity contribution in [1.82, 2.24) is 125 Å². The molecule has 0 bridgehead atoms. The molecule has 0 radical (unpaired) electrons. The fourth-order valence-corrected chi connectivity index (χ4v) is 29.0. The van der Waals surface area contributed by atoms with Crippen molar-refractivity contribution in [3.05, 3.63) is 88.0 Å². The molecule has 6 aromatic rings. The molecule has 9 rings (SSSR count). The molecule has 9 heterocycles. The Morgan fingerprint density at radius 3 is 0.794 bits per heavy atom. The number of carbonyl (C=O) groups is 3. The first-order chi connectivity index (χ1) is 65.7. The van der Waals surface area contributed by atoms with Gasteiger partial charge in [0.25, 0.3) is 0 Å². The van der Waals surface area contributed by atoms with Gasteiger partial charge in [-0.25, -0.2) is 0 Å². The van der Waals surface area contributed by atoms with Gasteiger partial charge in [-0.2, -0.15) is 15.3 Å². The number of piperidine rings is 3. The number of likely N-dealkylation sites (tertiary alicyclic amines) is 3. The lowest BCUT2D eigenvalue weighted by Gasteiger charge is -2.51. The van der Waals surface area contributed by atoms with Gasteiger partial charge in [0.1, 0.15) is 7.29 Å². The Morgan fingerprint density at radius 2 is 0.603 bits per heavy atom. The minimum atomic E-state index is -2.79. The van der Waals surface area contributed by atoms with E-state index in [1.807, 2.05) is 109 Å². The van der Waals surface area contributed by atoms with Crippen LogP contribution in [0.3, 0.4) is 0 Å². The van der Waals surface area contributed by atoms with Gasteiger partial charge in [0, 0.05) is 226 Å². The van der Waals surface area contributed by atoms with Gasteiger partial charge in [0.05, 0.1) is 65.5 Å². The number of carbonyl (C=O) groups excluding carboxylic acids is 3. The van der Waals surface area contributed by atoms with Crippen LogP contribution in [0.15, 0.2) is 36.8 Å². The van der Waals surface area contributed by atoms with Crippen LogP contribution in [-0.2, 0) is 108 Å². The zero-order valence-corrected chi connectivity index (χ0v) is 99.0. The van der Waals surface area contributed by atoms with Crippen molar-refractivity contribution in [3.63, 3.8) is 0 Å². The molecule has 3 saturated heterocycles. The minimum Gasteiger partial charge on any atom is -0.354 e. The van der Waals surface area contributed by atoms with Gasteiger partial charge in [-0.05, 0) is 240 Å². The van der Waals surface area contributed by atoms with E-state index in [0.717, 1.165) is 104 Å². The molecule has 34 heteroatoms. The molecule has 0 unspecified atom stereocenters. The summed E-state index contributed by atoms with van der Waals surface area (Å²) in [4.78, 5) is 51.5. The lowest BCUT2D eigenvalue weighted by molar-refractivity contribution is -0.121. The largest absolute Gasteiger partial charge is 0.354 e. The van der Waals surface area contributed by atoms with Crippen molar-refractivity contribution in [1.29, 1.82) is 0 Å². The quantitative estimate of drug-likeness (QED) is 0.0258. The van der Waals surface area contributed by atoms with Crippen molar-refractivity contribution in [3.8, 4) is 0 Å². The average Bonchev–Trinajstić information content (AvgIpc) is 1.80. The second-order valence-electron chi connectivity index (χ2n) is 46.8. The number of rotatable bonds is 48. The van der Waals surface area contributed by atoms with Crippen LogP contribution < -0.4 is 21.0 Å². The standard InChI is InChI=1S/C24H39N7.C24H48N4.C21H36N10.C18H36N3O4P.C11H26NOP.C9H21OP/c1-16(2)22-10-19(28(7)25-22)13-31(14-20-11-23(17(3)4)26-29(20)8)15-21-12-24(18(5)6)27-30(21)9;1-19(2)25-13-7-22(8-14-25)28(23-9-15-26(16-10-23)20(3)4)24-11-17-27(18-12-24)21(5)6;1-16(2)7-29-13-19(22-25-29)10-28(11-20-14-30(26-23-20)8-17(3)4)12-21-15-31(27-24-21)9-18(5)6;1-13(2)19-16(22)7-10-26(25,11-8-17(23)20-14(3)4)12-9-18(24)21-15(5)6;1-9(2)7-14(13,8-10(3)4)12-11(5)6;1-7(2)11(10,8(3)4)9(5)6/h10-12,16-18H,13-15H2,1-9H3;19-24H,7-18H2,1-6H3;13-18H,7-12H2,1-6H3;13-15H,7-12H2,1-6H3,(H,19,22)(H,20,23)(H,21,24);9-11H,7-8H2,1-6H3,(H,12,13);7-9H,1-6H3. The Bertz CT molecular complexity index is 4180. The van der Waals surface area contributed by atoms with Crippen LogP contribution in [0.2, 0.25) is 0 Å². The molecule has 0 spiro atoms. The molecule has 3 aliphatic rings. The predicted molar refractivity (Wildman–Crippen MR) is 588 cm³/mol. The first-order valence-electron chi connectivity index (χ1n) is 54.3. The van der Waals surface area contributed by atoms with E-state index in [4.69, 9.17) is 15.3 Å².